The molecule has 1 aromatic carbocycles. The number of ether oxygens (including phenoxy) is 2. The molecule has 0 radical (unpaired) electrons. The molecule has 0 bridgehead atoms. The smallest absolute Gasteiger partial charge is 0.154 e. The molecule has 0 aromatic heterocycles. The van der Waals surface area contributed by atoms with E-state index in [-0.39, 0.29) is 23.7 Å². The molecule has 21 heavy (non-hydrogen) atoms. The zero-order chi connectivity index (χ0) is 14.6. The Morgan fingerprint density at radius 1 is 1.48 bits per heavy atom. The number of nitrogens with two attached hydrogens (primary N) is 1. The third-order valence-electron chi connectivity index (χ3n) is 4.68. The lowest BCUT2D eigenvalue weighted by Gasteiger charge is -2.49. The van der Waals surface area contributed by atoms with Gasteiger partial charge >= 0.3 is 0 Å². The molecule has 3 aliphatic rings. The number of amidine groups is 1. The number of halogens is 1. The third-order valence-corrected chi connectivity index (χ3v) is 6.14. The lowest BCUT2D eigenvalue weighted by atomic mass is 9.70. The Bertz CT molecular complexity index is 624. The summed E-state index contributed by atoms with van der Waals surface area (Å²) in [6.45, 7) is 2.87. The fourth-order valence-corrected chi connectivity index (χ4v) is 5.19. The van der Waals surface area contributed by atoms with E-state index in [4.69, 9.17) is 20.2 Å². The van der Waals surface area contributed by atoms with Crippen LogP contribution in [0.1, 0.15) is 18.9 Å². The van der Waals surface area contributed by atoms with Crippen molar-refractivity contribution in [3.05, 3.63) is 28.2 Å². The lowest BCUT2D eigenvalue weighted by Crippen LogP contribution is -2.55. The van der Waals surface area contributed by atoms with Crippen LogP contribution in [0.5, 0.6) is 5.75 Å². The van der Waals surface area contributed by atoms with Crippen molar-refractivity contribution >= 4 is 32.9 Å². The van der Waals surface area contributed by atoms with Crippen LogP contribution in [0.4, 0.5) is 0 Å². The molecule has 1 fully saturated rings. The summed E-state index contributed by atoms with van der Waals surface area (Å²) in [5.74, 6) is 2.01. The number of benzene rings is 1. The second-order valence-corrected chi connectivity index (χ2v) is 7.76. The largest absolute Gasteiger partial charge is 0.489 e. The van der Waals surface area contributed by atoms with E-state index in [1.807, 2.05) is 12.1 Å². The molecular formula is C15H17BrN2O2S. The van der Waals surface area contributed by atoms with E-state index in [0.29, 0.717) is 5.17 Å². The molecule has 1 saturated heterocycles. The average molecular weight is 369 g/mol. The summed E-state index contributed by atoms with van der Waals surface area (Å²) >= 11 is 5.20. The Kier molecular flexibility index (Phi) is 3.24. The molecule has 2 N–H and O–H groups in total. The van der Waals surface area contributed by atoms with Crippen molar-refractivity contribution in [3.8, 4) is 5.75 Å². The van der Waals surface area contributed by atoms with Gasteiger partial charge in [0.05, 0.1) is 18.6 Å². The first-order valence-electron chi connectivity index (χ1n) is 7.16. The molecule has 0 saturated carbocycles. The summed E-state index contributed by atoms with van der Waals surface area (Å²) < 4.78 is 13.2. The van der Waals surface area contributed by atoms with Crippen molar-refractivity contribution in [1.29, 1.82) is 0 Å². The van der Waals surface area contributed by atoms with Crippen molar-refractivity contribution in [2.45, 2.75) is 31.1 Å². The monoisotopic (exact) mass is 368 g/mol. The highest BCUT2D eigenvalue weighted by Gasteiger charge is 2.56. The number of rotatable bonds is 0. The maximum absolute atomic E-state index is 6.26. The normalized spacial score (nSPS) is 37.6. The lowest BCUT2D eigenvalue weighted by molar-refractivity contribution is -0.108. The molecule has 3 heterocycles. The van der Waals surface area contributed by atoms with E-state index in [0.717, 1.165) is 34.6 Å². The van der Waals surface area contributed by atoms with E-state index in [1.54, 1.807) is 11.8 Å². The highest BCUT2D eigenvalue weighted by Crippen LogP contribution is 2.54. The van der Waals surface area contributed by atoms with E-state index >= 15 is 0 Å². The van der Waals surface area contributed by atoms with Gasteiger partial charge in [-0.05, 0) is 25.1 Å². The maximum atomic E-state index is 6.26. The average Bonchev–Trinajstić information content (AvgIpc) is 2.83. The number of hydrogen-bond acceptors (Lipinski definition) is 5. The fraction of sp³-hybridized carbons (Fsp3) is 0.533. The van der Waals surface area contributed by atoms with E-state index in [2.05, 4.69) is 28.9 Å². The van der Waals surface area contributed by atoms with Crippen LogP contribution in [0.15, 0.2) is 27.7 Å². The fourth-order valence-electron chi connectivity index (χ4n) is 3.82. The van der Waals surface area contributed by atoms with E-state index in [1.165, 1.54) is 0 Å². The van der Waals surface area contributed by atoms with Crippen LogP contribution >= 0.6 is 27.7 Å². The summed E-state index contributed by atoms with van der Waals surface area (Å²) in [5, 5.41) is 0.666. The van der Waals surface area contributed by atoms with Gasteiger partial charge in [-0.3, -0.25) is 0 Å². The van der Waals surface area contributed by atoms with Gasteiger partial charge in [0.2, 0.25) is 0 Å². The summed E-state index contributed by atoms with van der Waals surface area (Å²) in [4.78, 5) is 4.87. The summed E-state index contributed by atoms with van der Waals surface area (Å²) in [6.07, 6.45) is 1.18. The van der Waals surface area contributed by atoms with Crippen LogP contribution in [-0.2, 0) is 10.3 Å². The highest BCUT2D eigenvalue weighted by molar-refractivity contribution is 9.10. The Morgan fingerprint density at radius 3 is 3.10 bits per heavy atom. The van der Waals surface area contributed by atoms with Gasteiger partial charge < -0.3 is 15.2 Å². The quantitative estimate of drug-likeness (QED) is 0.764. The van der Waals surface area contributed by atoms with Gasteiger partial charge in [0.1, 0.15) is 17.4 Å². The zero-order valence-electron chi connectivity index (χ0n) is 11.7. The topological polar surface area (TPSA) is 56.8 Å². The van der Waals surface area contributed by atoms with Gasteiger partial charge in [0.25, 0.3) is 0 Å². The van der Waals surface area contributed by atoms with Crippen LogP contribution in [0.2, 0.25) is 0 Å². The first-order valence-corrected chi connectivity index (χ1v) is 8.94. The summed E-state index contributed by atoms with van der Waals surface area (Å²) in [7, 11) is 0. The van der Waals surface area contributed by atoms with Crippen molar-refractivity contribution < 1.29 is 9.47 Å². The highest BCUT2D eigenvalue weighted by atomic mass is 79.9. The molecular weight excluding hydrogens is 352 g/mol. The third kappa shape index (κ3) is 2.03. The SMILES string of the molecule is CC1OCCC2Oc3ccc(Br)cc3C3(CSC(N)=N3)C12. The Morgan fingerprint density at radius 2 is 2.33 bits per heavy atom. The molecule has 4 atom stereocenters. The standard InChI is InChI=1S/C15H17BrN2O2S/c1-8-13-12(4-5-19-8)20-11-3-2-9(16)6-10(11)15(13)7-21-14(17)18-15/h2-3,6,8,12-13H,4-5,7H2,1H3,(H2,17,18). The first-order chi connectivity index (χ1) is 10.1. The second-order valence-electron chi connectivity index (χ2n) is 5.85. The summed E-state index contributed by atoms with van der Waals surface area (Å²) in [5.41, 5.74) is 6.83. The molecule has 6 heteroatoms. The molecule has 1 spiro atoms. The Balaban J connectivity index is 1.92. The molecule has 0 amide bonds. The number of nitrogens with zero attached hydrogens (tertiary/aromatic N) is 1. The first kappa shape index (κ1) is 13.9. The number of fused-ring (bicyclic) bond motifs is 4. The maximum Gasteiger partial charge on any atom is 0.154 e. The van der Waals surface area contributed by atoms with Gasteiger partial charge in [-0.2, -0.15) is 0 Å². The Labute approximate surface area is 136 Å². The van der Waals surface area contributed by atoms with Gasteiger partial charge in [-0.25, -0.2) is 4.99 Å². The van der Waals surface area contributed by atoms with E-state index in [9.17, 15) is 0 Å². The molecule has 4 unspecified atom stereocenters. The van der Waals surface area contributed by atoms with Crippen molar-refractivity contribution in [1.82, 2.24) is 0 Å². The molecule has 1 aromatic rings. The van der Waals surface area contributed by atoms with Crippen LogP contribution in [0.25, 0.3) is 0 Å². The van der Waals surface area contributed by atoms with Crippen LogP contribution < -0.4 is 10.5 Å². The van der Waals surface area contributed by atoms with Crippen LogP contribution in [0.3, 0.4) is 0 Å². The molecule has 4 nitrogen and oxygen atoms in total. The molecule has 0 aliphatic carbocycles. The number of hydrogen-bond donors (Lipinski definition) is 1. The van der Waals surface area contributed by atoms with Crippen LogP contribution in [0, 0.1) is 5.92 Å². The number of thioether (sulfide) groups is 1. The predicted octanol–water partition coefficient (Wildman–Crippen LogP) is 2.89. The van der Waals surface area contributed by atoms with Gasteiger partial charge in [-0.1, -0.05) is 27.7 Å². The molecule has 4 rings (SSSR count). The Hall–Kier alpha value is -0.720. The predicted molar refractivity (Wildman–Crippen MR) is 87.8 cm³/mol. The minimum absolute atomic E-state index is 0.117. The molecule has 112 valence electrons. The van der Waals surface area contributed by atoms with Crippen molar-refractivity contribution in [2.75, 3.05) is 12.4 Å². The summed E-state index contributed by atoms with van der Waals surface area (Å²) in [6, 6.07) is 6.17. The second kappa shape index (κ2) is 4.89. The zero-order valence-corrected chi connectivity index (χ0v) is 14.1. The van der Waals surface area contributed by atoms with Crippen molar-refractivity contribution in [2.24, 2.45) is 16.6 Å². The minimum Gasteiger partial charge on any atom is -0.489 e. The molecule has 3 aliphatic heterocycles. The van der Waals surface area contributed by atoms with E-state index < -0.39 is 0 Å². The van der Waals surface area contributed by atoms with Gasteiger partial charge in [0, 0.05) is 22.2 Å². The van der Waals surface area contributed by atoms with Crippen molar-refractivity contribution in [3.63, 3.8) is 0 Å². The number of aliphatic imine (C=N–C) groups is 1. The van der Waals surface area contributed by atoms with Gasteiger partial charge in [0.15, 0.2) is 5.17 Å². The van der Waals surface area contributed by atoms with Gasteiger partial charge in [-0.15, -0.1) is 0 Å². The van der Waals surface area contributed by atoms with Crippen LogP contribution in [-0.4, -0.2) is 29.7 Å². The minimum atomic E-state index is -0.323.